The van der Waals surface area contributed by atoms with Gasteiger partial charge in [0.1, 0.15) is 32.0 Å². The summed E-state index contributed by atoms with van der Waals surface area (Å²) in [6, 6.07) is 8.76. The van der Waals surface area contributed by atoms with Crippen LogP contribution in [0.2, 0.25) is 0 Å². The van der Waals surface area contributed by atoms with Crippen molar-refractivity contribution in [3.63, 3.8) is 0 Å². The second-order valence-corrected chi connectivity index (χ2v) is 9.89. The van der Waals surface area contributed by atoms with E-state index in [1.54, 1.807) is 0 Å². The average molecular weight is 433 g/mol. The largest absolute Gasteiger partial charge is 0.488 e. The number of quaternary nitrogens is 1. The zero-order chi connectivity index (χ0) is 22.0. The Bertz CT molecular complexity index is 554. The smallest absolute Gasteiger partial charge is 0.137 e. The Labute approximate surface area is 193 Å². The zero-order valence-electron chi connectivity index (χ0n) is 20.7. The zero-order valence-corrected chi connectivity index (χ0v) is 20.7. The van der Waals surface area contributed by atoms with Crippen LogP contribution < -0.4 is 4.74 Å². The third-order valence-electron chi connectivity index (χ3n) is 6.92. The van der Waals surface area contributed by atoms with Gasteiger partial charge in [0, 0.05) is 0 Å². The third-order valence-corrected chi connectivity index (χ3v) is 6.92. The minimum Gasteiger partial charge on any atom is -0.488 e. The molecule has 0 radical (unpaired) electrons. The van der Waals surface area contributed by atoms with Gasteiger partial charge in [-0.25, -0.2) is 0 Å². The third kappa shape index (κ3) is 12.5. The van der Waals surface area contributed by atoms with Gasteiger partial charge in [0.05, 0.1) is 20.3 Å². The molecule has 1 saturated heterocycles. The molecule has 1 aliphatic heterocycles. The second kappa shape index (κ2) is 16.6. The summed E-state index contributed by atoms with van der Waals surface area (Å²) in [5.41, 5.74) is 1.42. The Hall–Kier alpha value is -1.06. The summed E-state index contributed by atoms with van der Waals surface area (Å²) in [7, 11) is 2.32. The van der Waals surface area contributed by atoms with Crippen LogP contribution in [0.15, 0.2) is 24.3 Å². The lowest BCUT2D eigenvalue weighted by atomic mass is 10.0. The molecule has 0 N–H and O–H groups in total. The quantitative estimate of drug-likeness (QED) is 0.181. The number of benzene rings is 1. The topological polar surface area (TPSA) is 18.5 Å². The predicted octanol–water partition coefficient (Wildman–Crippen LogP) is 7.18. The first-order valence-electron chi connectivity index (χ1n) is 13.3. The summed E-state index contributed by atoms with van der Waals surface area (Å²) >= 11 is 0. The number of hydrogen-bond acceptors (Lipinski definition) is 2. The lowest BCUT2D eigenvalue weighted by Gasteiger charge is -2.37. The van der Waals surface area contributed by atoms with Gasteiger partial charge in [-0.1, -0.05) is 96.1 Å². The lowest BCUT2D eigenvalue weighted by molar-refractivity contribution is -0.916. The van der Waals surface area contributed by atoms with Gasteiger partial charge >= 0.3 is 0 Å². The normalized spacial score (nSPS) is 15.8. The molecule has 0 amide bonds. The fraction of sp³-hybridized carbons (Fsp3) is 0.786. The van der Waals surface area contributed by atoms with Gasteiger partial charge in [0.25, 0.3) is 0 Å². The van der Waals surface area contributed by atoms with E-state index in [0.717, 1.165) is 49.7 Å². The highest BCUT2D eigenvalue weighted by Gasteiger charge is 2.24. The molecule has 0 bridgehead atoms. The summed E-state index contributed by atoms with van der Waals surface area (Å²) in [4.78, 5) is 0. The molecule has 0 atom stereocenters. The number of unbranched alkanes of at least 4 members (excludes halogenated alkanes) is 12. The first-order valence-corrected chi connectivity index (χ1v) is 13.3. The Morgan fingerprint density at radius 1 is 0.806 bits per heavy atom. The highest BCUT2D eigenvalue weighted by Crippen LogP contribution is 2.18. The van der Waals surface area contributed by atoms with Crippen molar-refractivity contribution in [1.82, 2.24) is 0 Å². The van der Waals surface area contributed by atoms with Gasteiger partial charge in [-0.2, -0.15) is 0 Å². The molecule has 0 saturated carbocycles. The maximum atomic E-state index is 6.08. The molecule has 3 nitrogen and oxygen atoms in total. The van der Waals surface area contributed by atoms with Crippen molar-refractivity contribution in [2.75, 3.05) is 46.5 Å². The van der Waals surface area contributed by atoms with Crippen molar-refractivity contribution in [2.24, 2.45) is 0 Å². The number of nitrogens with zero attached hydrogens (tertiary/aromatic N) is 1. The van der Waals surface area contributed by atoms with Gasteiger partial charge < -0.3 is 14.0 Å². The lowest BCUT2D eigenvalue weighted by Crippen LogP contribution is -2.53. The molecule has 1 aliphatic rings. The summed E-state index contributed by atoms with van der Waals surface area (Å²) < 4.78 is 12.6. The maximum absolute atomic E-state index is 6.08. The number of rotatable bonds is 18. The molecule has 2 rings (SSSR count). The van der Waals surface area contributed by atoms with Crippen LogP contribution in [0.5, 0.6) is 5.75 Å². The van der Waals surface area contributed by atoms with E-state index in [2.05, 4.69) is 38.2 Å². The standard InChI is InChI=1S/C28H50NO2/c1-3-4-5-6-7-8-9-10-11-12-13-14-15-17-27-18-16-19-28(26-27)31-25-22-29(2)20-23-30-24-21-29/h16,18-19,26H,3-15,17,20-25H2,1-2H3/q+1. The molecule has 1 fully saturated rings. The van der Waals surface area contributed by atoms with E-state index in [9.17, 15) is 0 Å². The number of hydrogen-bond donors (Lipinski definition) is 0. The van der Waals surface area contributed by atoms with Gasteiger partial charge in [-0.3, -0.25) is 0 Å². The molecular weight excluding hydrogens is 382 g/mol. The van der Waals surface area contributed by atoms with Crippen LogP contribution >= 0.6 is 0 Å². The number of morpholine rings is 1. The number of likely N-dealkylation sites (N-methyl/N-ethyl adjacent to an activating group) is 1. The van der Waals surface area contributed by atoms with Crippen molar-refractivity contribution < 1.29 is 14.0 Å². The Morgan fingerprint density at radius 2 is 1.39 bits per heavy atom. The van der Waals surface area contributed by atoms with E-state index in [1.807, 2.05) is 0 Å². The number of ether oxygens (including phenoxy) is 2. The molecule has 0 unspecified atom stereocenters. The van der Waals surface area contributed by atoms with E-state index >= 15 is 0 Å². The highest BCUT2D eigenvalue weighted by atomic mass is 16.5. The van der Waals surface area contributed by atoms with Crippen LogP contribution in [-0.2, 0) is 11.2 Å². The Kier molecular flexibility index (Phi) is 14.0. The van der Waals surface area contributed by atoms with Crippen LogP contribution in [0.4, 0.5) is 0 Å². The minimum atomic E-state index is 0.790. The summed E-state index contributed by atoms with van der Waals surface area (Å²) in [6.07, 6.45) is 19.6. The van der Waals surface area contributed by atoms with E-state index < -0.39 is 0 Å². The van der Waals surface area contributed by atoms with Gasteiger partial charge in [-0.05, 0) is 30.5 Å². The Morgan fingerprint density at radius 3 is 2.00 bits per heavy atom. The van der Waals surface area contributed by atoms with E-state index in [-0.39, 0.29) is 0 Å². The Balaban J connectivity index is 1.45. The molecule has 178 valence electrons. The fourth-order valence-corrected chi connectivity index (χ4v) is 4.53. The molecule has 1 aromatic carbocycles. The van der Waals surface area contributed by atoms with Crippen LogP contribution in [0.3, 0.4) is 0 Å². The van der Waals surface area contributed by atoms with E-state index in [0.29, 0.717) is 0 Å². The van der Waals surface area contributed by atoms with Gasteiger partial charge in [0.2, 0.25) is 0 Å². The predicted molar refractivity (Wildman–Crippen MR) is 133 cm³/mol. The maximum Gasteiger partial charge on any atom is 0.137 e. The second-order valence-electron chi connectivity index (χ2n) is 9.89. The van der Waals surface area contributed by atoms with Crippen molar-refractivity contribution >= 4 is 0 Å². The molecule has 1 aromatic rings. The first-order chi connectivity index (χ1) is 15.2. The number of aryl methyl sites for hydroxylation is 1. The molecule has 0 spiro atoms. The average Bonchev–Trinajstić information content (AvgIpc) is 2.78. The van der Waals surface area contributed by atoms with E-state index in [4.69, 9.17) is 9.47 Å². The van der Waals surface area contributed by atoms with Crippen LogP contribution in [0.25, 0.3) is 0 Å². The molecule has 1 heterocycles. The van der Waals surface area contributed by atoms with Crippen molar-refractivity contribution in [3.8, 4) is 5.75 Å². The molecular formula is C28H50NO2+. The fourth-order valence-electron chi connectivity index (χ4n) is 4.53. The monoisotopic (exact) mass is 432 g/mol. The van der Waals surface area contributed by atoms with Gasteiger partial charge in [-0.15, -0.1) is 0 Å². The molecule has 0 aromatic heterocycles. The first kappa shape index (κ1) is 26.2. The molecule has 0 aliphatic carbocycles. The van der Waals surface area contributed by atoms with Crippen LogP contribution in [-0.4, -0.2) is 51.0 Å². The van der Waals surface area contributed by atoms with E-state index in [1.165, 1.54) is 95.5 Å². The SMILES string of the molecule is CCCCCCCCCCCCCCCc1cccc(OCC[N+]2(C)CCOCC2)c1. The summed E-state index contributed by atoms with van der Waals surface area (Å²) in [5, 5.41) is 0. The van der Waals surface area contributed by atoms with Crippen LogP contribution in [0, 0.1) is 0 Å². The summed E-state index contributed by atoms with van der Waals surface area (Å²) in [5.74, 6) is 1.03. The molecule has 3 heteroatoms. The van der Waals surface area contributed by atoms with Gasteiger partial charge in [0.15, 0.2) is 0 Å². The van der Waals surface area contributed by atoms with Crippen molar-refractivity contribution in [1.29, 1.82) is 0 Å². The molecule has 31 heavy (non-hydrogen) atoms. The van der Waals surface area contributed by atoms with Crippen molar-refractivity contribution in [3.05, 3.63) is 29.8 Å². The van der Waals surface area contributed by atoms with Crippen molar-refractivity contribution in [2.45, 2.75) is 96.8 Å². The highest BCUT2D eigenvalue weighted by molar-refractivity contribution is 5.28. The summed E-state index contributed by atoms with van der Waals surface area (Å²) in [6.45, 7) is 8.10. The minimum absolute atomic E-state index is 0.790. The van der Waals surface area contributed by atoms with Crippen LogP contribution in [0.1, 0.15) is 96.0 Å².